The van der Waals surface area contributed by atoms with Crippen LogP contribution in [0.1, 0.15) is 5.56 Å². The average Bonchev–Trinajstić information content (AvgIpc) is 2.32. The molecule has 0 fully saturated rings. The molecule has 0 saturated heterocycles. The monoisotopic (exact) mass is 343 g/mol. The molecular formula is C11H7BrClN3O3. The first-order valence-corrected chi connectivity index (χ1v) is 6.19. The van der Waals surface area contributed by atoms with Crippen LogP contribution in [0.3, 0.4) is 0 Å². The summed E-state index contributed by atoms with van der Waals surface area (Å²) in [6.45, 7) is 0. The van der Waals surface area contributed by atoms with Gasteiger partial charge >= 0.3 is 5.69 Å². The molecule has 0 aliphatic rings. The normalized spacial score (nSPS) is 11.1. The van der Waals surface area contributed by atoms with Crippen LogP contribution in [-0.2, 0) is 0 Å². The number of aromatic hydroxyl groups is 1. The molecule has 0 radical (unpaired) electrons. The second-order valence-corrected chi connectivity index (χ2v) is 4.79. The average molecular weight is 345 g/mol. The van der Waals surface area contributed by atoms with Gasteiger partial charge in [0.15, 0.2) is 0 Å². The zero-order chi connectivity index (χ0) is 14.0. The molecule has 2 aromatic rings. The third-order valence-corrected chi connectivity index (χ3v) is 3.44. The number of nitrogens with one attached hydrogen (secondary N) is 2. The van der Waals surface area contributed by atoms with Crippen LogP contribution >= 0.6 is 27.5 Å². The number of benzene rings is 1. The van der Waals surface area contributed by atoms with Gasteiger partial charge in [0.25, 0.3) is 5.56 Å². The number of aromatic nitrogens is 2. The number of hydrogen-bond donors (Lipinski definition) is 3. The zero-order valence-corrected chi connectivity index (χ0v) is 11.6. The number of aromatic amines is 2. The van der Waals surface area contributed by atoms with Gasteiger partial charge in [-0.15, -0.1) is 0 Å². The van der Waals surface area contributed by atoms with Crippen LogP contribution in [0.25, 0.3) is 0 Å². The highest BCUT2D eigenvalue weighted by Gasteiger charge is 2.05. The van der Waals surface area contributed by atoms with Gasteiger partial charge in [0.05, 0.1) is 10.7 Å². The van der Waals surface area contributed by atoms with E-state index in [1.807, 2.05) is 4.98 Å². The molecule has 0 aliphatic carbocycles. The molecule has 1 heterocycles. The third-order valence-electron chi connectivity index (χ3n) is 2.20. The summed E-state index contributed by atoms with van der Waals surface area (Å²) < 4.78 is 0.720. The van der Waals surface area contributed by atoms with Gasteiger partial charge < -0.3 is 5.11 Å². The van der Waals surface area contributed by atoms with Crippen molar-refractivity contribution in [2.24, 2.45) is 4.99 Å². The van der Waals surface area contributed by atoms with Crippen molar-refractivity contribution in [1.82, 2.24) is 9.97 Å². The molecule has 0 saturated carbocycles. The van der Waals surface area contributed by atoms with Crippen LogP contribution in [0.15, 0.2) is 37.3 Å². The maximum atomic E-state index is 11.4. The summed E-state index contributed by atoms with van der Waals surface area (Å²) in [5.41, 5.74) is -1.16. The maximum absolute atomic E-state index is 11.4. The lowest BCUT2D eigenvalue weighted by atomic mass is 10.3. The van der Waals surface area contributed by atoms with Crippen LogP contribution < -0.4 is 11.2 Å². The number of hydrogen-bond acceptors (Lipinski definition) is 4. The number of rotatable bonds is 2. The Morgan fingerprint density at radius 3 is 2.68 bits per heavy atom. The Morgan fingerprint density at radius 1 is 1.32 bits per heavy atom. The predicted molar refractivity (Wildman–Crippen MR) is 75.8 cm³/mol. The van der Waals surface area contributed by atoms with E-state index in [9.17, 15) is 14.7 Å². The summed E-state index contributed by atoms with van der Waals surface area (Å²) in [5.74, 6) is -0.541. The van der Waals surface area contributed by atoms with Crippen molar-refractivity contribution in [3.05, 3.63) is 54.1 Å². The number of nitrogens with zero attached hydrogens (tertiary/aromatic N) is 1. The highest BCUT2D eigenvalue weighted by Crippen LogP contribution is 2.26. The summed E-state index contributed by atoms with van der Waals surface area (Å²) in [4.78, 5) is 30.4. The Bertz CT molecular complexity index is 767. The van der Waals surface area contributed by atoms with E-state index < -0.39 is 17.1 Å². The van der Waals surface area contributed by atoms with Crippen molar-refractivity contribution < 1.29 is 5.11 Å². The van der Waals surface area contributed by atoms with Gasteiger partial charge in [-0.05, 0) is 34.1 Å². The molecular weight excluding hydrogens is 337 g/mol. The molecule has 0 amide bonds. The second-order valence-electron chi connectivity index (χ2n) is 3.53. The first kappa shape index (κ1) is 13.6. The lowest BCUT2D eigenvalue weighted by Gasteiger charge is -1.98. The van der Waals surface area contributed by atoms with E-state index in [4.69, 9.17) is 11.6 Å². The molecule has 0 bridgehead atoms. The van der Waals surface area contributed by atoms with Gasteiger partial charge in [0.1, 0.15) is 5.56 Å². The zero-order valence-electron chi connectivity index (χ0n) is 9.28. The molecule has 1 aromatic carbocycles. The van der Waals surface area contributed by atoms with E-state index in [0.29, 0.717) is 10.7 Å². The lowest BCUT2D eigenvalue weighted by Crippen LogP contribution is -2.24. The summed E-state index contributed by atoms with van der Waals surface area (Å²) >= 11 is 9.13. The third kappa shape index (κ3) is 3.12. The standard InChI is InChI=1S/C11H7BrClN3O3/c12-7-2-1-5(3-8(7)13)14-4-6-9(17)15-11(19)16-10(6)18/h1-4H,(H3,15,16,17,18,19). The van der Waals surface area contributed by atoms with Crippen molar-refractivity contribution in [1.29, 1.82) is 0 Å². The van der Waals surface area contributed by atoms with Gasteiger partial charge in [-0.2, -0.15) is 0 Å². The maximum Gasteiger partial charge on any atom is 0.328 e. The molecule has 0 spiro atoms. The molecule has 6 nitrogen and oxygen atoms in total. The van der Waals surface area contributed by atoms with Crippen LogP contribution in [0.4, 0.5) is 5.69 Å². The van der Waals surface area contributed by atoms with Gasteiger partial charge in [-0.1, -0.05) is 11.6 Å². The molecule has 2 rings (SSSR count). The minimum absolute atomic E-state index is 0.140. The molecule has 0 unspecified atom stereocenters. The molecule has 0 atom stereocenters. The SMILES string of the molecule is O=c1[nH]c(O)c(C=Nc2ccc(Br)c(Cl)c2)c(=O)[nH]1. The Labute approximate surface area is 119 Å². The fourth-order valence-corrected chi connectivity index (χ4v) is 1.73. The summed E-state index contributed by atoms with van der Waals surface area (Å²) in [5, 5.41) is 9.92. The number of halogens is 2. The fraction of sp³-hybridized carbons (Fsp3) is 0. The van der Waals surface area contributed by atoms with Crippen molar-refractivity contribution in [2.45, 2.75) is 0 Å². The molecule has 0 aliphatic heterocycles. The molecule has 1 aromatic heterocycles. The van der Waals surface area contributed by atoms with Crippen molar-refractivity contribution in [3.8, 4) is 5.88 Å². The van der Waals surface area contributed by atoms with E-state index in [0.717, 1.165) is 10.7 Å². The molecule has 98 valence electrons. The van der Waals surface area contributed by atoms with Gasteiger partial charge in [-0.3, -0.25) is 19.8 Å². The number of H-pyrrole nitrogens is 2. The van der Waals surface area contributed by atoms with Crippen LogP contribution in [-0.4, -0.2) is 21.3 Å². The largest absolute Gasteiger partial charge is 0.494 e. The van der Waals surface area contributed by atoms with E-state index in [2.05, 4.69) is 25.9 Å². The van der Waals surface area contributed by atoms with E-state index in [1.165, 1.54) is 0 Å². The summed E-state index contributed by atoms with van der Waals surface area (Å²) in [7, 11) is 0. The van der Waals surface area contributed by atoms with Crippen LogP contribution in [0, 0.1) is 0 Å². The Kier molecular flexibility index (Phi) is 3.87. The smallest absolute Gasteiger partial charge is 0.328 e. The van der Waals surface area contributed by atoms with E-state index in [1.54, 1.807) is 18.2 Å². The summed E-state index contributed by atoms with van der Waals surface area (Å²) in [6.07, 6.45) is 1.14. The topological polar surface area (TPSA) is 98.3 Å². The highest BCUT2D eigenvalue weighted by atomic mass is 79.9. The minimum atomic E-state index is -0.786. The predicted octanol–water partition coefficient (Wildman–Crippen LogP) is 1.94. The lowest BCUT2D eigenvalue weighted by molar-refractivity contribution is 0.447. The first-order valence-electron chi connectivity index (χ1n) is 5.02. The quantitative estimate of drug-likeness (QED) is 0.726. The summed E-state index contributed by atoms with van der Waals surface area (Å²) in [6, 6.07) is 4.95. The van der Waals surface area contributed by atoms with E-state index >= 15 is 0 Å². The van der Waals surface area contributed by atoms with Crippen LogP contribution in [0.5, 0.6) is 5.88 Å². The van der Waals surface area contributed by atoms with Gasteiger partial charge in [0.2, 0.25) is 5.88 Å². The van der Waals surface area contributed by atoms with Crippen molar-refractivity contribution >= 4 is 39.4 Å². The second kappa shape index (κ2) is 5.41. The minimum Gasteiger partial charge on any atom is -0.494 e. The molecule has 3 N–H and O–H groups in total. The van der Waals surface area contributed by atoms with Crippen molar-refractivity contribution in [3.63, 3.8) is 0 Å². The van der Waals surface area contributed by atoms with Gasteiger partial charge in [-0.25, -0.2) is 4.79 Å². The van der Waals surface area contributed by atoms with E-state index in [-0.39, 0.29) is 5.56 Å². The molecule has 8 heteroatoms. The molecule has 19 heavy (non-hydrogen) atoms. The number of aliphatic imine (C=N–C) groups is 1. The van der Waals surface area contributed by atoms with Crippen molar-refractivity contribution in [2.75, 3.05) is 0 Å². The Hall–Kier alpha value is -1.86. The van der Waals surface area contributed by atoms with Crippen LogP contribution in [0.2, 0.25) is 5.02 Å². The van der Waals surface area contributed by atoms with Gasteiger partial charge in [0, 0.05) is 10.7 Å². The first-order chi connectivity index (χ1) is 8.97. The fourth-order valence-electron chi connectivity index (χ4n) is 1.31. The Balaban J connectivity index is 2.40. The highest BCUT2D eigenvalue weighted by molar-refractivity contribution is 9.10. The Morgan fingerprint density at radius 2 is 2.05 bits per heavy atom.